The Morgan fingerprint density at radius 2 is 1.88 bits per heavy atom. The number of aliphatic hydroxyl groups is 1. The lowest BCUT2D eigenvalue weighted by Crippen LogP contribution is -2.12. The molecule has 1 aromatic carbocycles. The summed E-state index contributed by atoms with van der Waals surface area (Å²) < 4.78 is 10.3. The average Bonchev–Trinajstić information content (AvgIpc) is 2.28. The molecule has 92 valence electrons. The first kappa shape index (κ1) is 15.0. The summed E-state index contributed by atoms with van der Waals surface area (Å²) >= 11 is 0. The van der Waals surface area contributed by atoms with E-state index in [1.165, 1.54) is 0 Å². The molecule has 16 heavy (non-hydrogen) atoms. The Hall–Kier alpha value is -0.970. The number of aliphatic hydroxyl groups excluding tert-OH is 1. The Morgan fingerprint density at radius 1 is 1.25 bits per heavy atom. The first-order valence-electron chi connectivity index (χ1n) is 4.81. The lowest BCUT2D eigenvalue weighted by atomic mass is 10.0. The monoisotopic (exact) mass is 247 g/mol. The van der Waals surface area contributed by atoms with Gasteiger partial charge in [-0.15, -0.1) is 12.4 Å². The summed E-state index contributed by atoms with van der Waals surface area (Å²) in [7, 11) is 3.17. The largest absolute Gasteiger partial charge is 0.493 e. The van der Waals surface area contributed by atoms with Crippen molar-refractivity contribution in [2.24, 2.45) is 5.73 Å². The van der Waals surface area contributed by atoms with E-state index in [-0.39, 0.29) is 25.1 Å². The quantitative estimate of drug-likeness (QED) is 0.828. The number of nitrogens with two attached hydrogens (primary N) is 1. The van der Waals surface area contributed by atoms with E-state index in [1.807, 2.05) is 18.2 Å². The van der Waals surface area contributed by atoms with Crippen molar-refractivity contribution in [3.8, 4) is 11.5 Å². The van der Waals surface area contributed by atoms with Crippen molar-refractivity contribution < 1.29 is 14.6 Å². The molecule has 0 spiro atoms. The maximum Gasteiger partial charge on any atom is 0.161 e. The third kappa shape index (κ3) is 3.56. The van der Waals surface area contributed by atoms with Crippen LogP contribution in [0.4, 0.5) is 0 Å². The highest BCUT2D eigenvalue weighted by molar-refractivity contribution is 5.85. The second-order valence-electron chi connectivity index (χ2n) is 3.23. The number of rotatable bonds is 5. The van der Waals surface area contributed by atoms with Gasteiger partial charge in [0.05, 0.1) is 14.2 Å². The van der Waals surface area contributed by atoms with Gasteiger partial charge in [0, 0.05) is 12.6 Å². The van der Waals surface area contributed by atoms with Crippen molar-refractivity contribution in [3.63, 3.8) is 0 Å². The molecule has 0 fully saturated rings. The molecule has 1 atom stereocenters. The number of hydrogen-bond acceptors (Lipinski definition) is 4. The van der Waals surface area contributed by atoms with Gasteiger partial charge in [-0.25, -0.2) is 0 Å². The van der Waals surface area contributed by atoms with Gasteiger partial charge in [-0.1, -0.05) is 6.07 Å². The van der Waals surface area contributed by atoms with Gasteiger partial charge in [-0.3, -0.25) is 0 Å². The molecule has 5 heteroatoms. The zero-order chi connectivity index (χ0) is 11.3. The van der Waals surface area contributed by atoms with Crippen molar-refractivity contribution in [3.05, 3.63) is 23.8 Å². The van der Waals surface area contributed by atoms with Crippen LogP contribution in [0.25, 0.3) is 0 Å². The van der Waals surface area contributed by atoms with E-state index in [1.54, 1.807) is 14.2 Å². The van der Waals surface area contributed by atoms with Gasteiger partial charge in [0.1, 0.15) is 0 Å². The number of benzene rings is 1. The van der Waals surface area contributed by atoms with Crippen LogP contribution in [-0.2, 0) is 0 Å². The summed E-state index contributed by atoms with van der Waals surface area (Å²) in [5, 5.41) is 8.79. The maximum atomic E-state index is 8.79. The molecule has 0 bridgehead atoms. The van der Waals surface area contributed by atoms with Gasteiger partial charge in [0.15, 0.2) is 11.5 Å². The lowest BCUT2D eigenvalue weighted by molar-refractivity contribution is 0.276. The van der Waals surface area contributed by atoms with Crippen LogP contribution >= 0.6 is 12.4 Å². The highest BCUT2D eigenvalue weighted by Crippen LogP contribution is 2.29. The van der Waals surface area contributed by atoms with Gasteiger partial charge in [0.25, 0.3) is 0 Å². The fourth-order valence-electron chi connectivity index (χ4n) is 1.39. The van der Waals surface area contributed by atoms with Crippen LogP contribution in [0.1, 0.15) is 18.0 Å². The number of hydrogen-bond donors (Lipinski definition) is 2. The number of methoxy groups -OCH3 is 2. The standard InChI is InChI=1S/C11H17NO3.ClH/c1-14-10-4-3-8(7-11(10)15-2)9(12)5-6-13;/h3-4,7,9,13H,5-6,12H2,1-2H3;1H. The van der Waals surface area contributed by atoms with E-state index in [0.717, 1.165) is 5.56 Å². The topological polar surface area (TPSA) is 64.7 Å². The minimum Gasteiger partial charge on any atom is -0.493 e. The number of ether oxygens (including phenoxy) is 2. The molecule has 0 radical (unpaired) electrons. The molecule has 0 heterocycles. The Labute approximate surface area is 102 Å². The van der Waals surface area contributed by atoms with E-state index < -0.39 is 0 Å². The Kier molecular flexibility index (Phi) is 6.88. The molecule has 0 aliphatic heterocycles. The van der Waals surface area contributed by atoms with Crippen LogP contribution in [0.2, 0.25) is 0 Å². The molecule has 4 nitrogen and oxygen atoms in total. The third-order valence-corrected chi connectivity index (χ3v) is 2.28. The molecule has 0 saturated heterocycles. The minimum atomic E-state index is -0.171. The summed E-state index contributed by atoms with van der Waals surface area (Å²) in [6, 6.07) is 5.35. The van der Waals surface area contributed by atoms with Crippen molar-refractivity contribution in [1.29, 1.82) is 0 Å². The summed E-state index contributed by atoms with van der Waals surface area (Å²) in [6.07, 6.45) is 0.537. The fraction of sp³-hybridized carbons (Fsp3) is 0.455. The second-order valence-corrected chi connectivity index (χ2v) is 3.23. The van der Waals surface area contributed by atoms with E-state index in [0.29, 0.717) is 17.9 Å². The highest BCUT2D eigenvalue weighted by Gasteiger charge is 2.09. The van der Waals surface area contributed by atoms with Crippen molar-refractivity contribution >= 4 is 12.4 Å². The van der Waals surface area contributed by atoms with Gasteiger partial charge >= 0.3 is 0 Å². The Balaban J connectivity index is 0.00000225. The fourth-order valence-corrected chi connectivity index (χ4v) is 1.39. The normalized spacial score (nSPS) is 11.5. The SMILES string of the molecule is COc1ccc(C(N)CCO)cc1OC.Cl. The number of halogens is 1. The smallest absolute Gasteiger partial charge is 0.161 e. The van der Waals surface area contributed by atoms with Gasteiger partial charge in [0.2, 0.25) is 0 Å². The molecule has 0 aromatic heterocycles. The Morgan fingerprint density at radius 3 is 2.38 bits per heavy atom. The summed E-state index contributed by atoms with van der Waals surface area (Å²) in [6.45, 7) is 0.0789. The molecule has 0 saturated carbocycles. The molecule has 1 unspecified atom stereocenters. The van der Waals surface area contributed by atoms with Crippen molar-refractivity contribution in [2.75, 3.05) is 20.8 Å². The first-order valence-corrected chi connectivity index (χ1v) is 4.81. The second kappa shape index (κ2) is 7.33. The molecular weight excluding hydrogens is 230 g/mol. The van der Waals surface area contributed by atoms with E-state index in [9.17, 15) is 0 Å². The molecule has 0 aliphatic carbocycles. The van der Waals surface area contributed by atoms with Gasteiger partial charge in [-0.05, 0) is 24.1 Å². The maximum absolute atomic E-state index is 8.79. The summed E-state index contributed by atoms with van der Waals surface area (Å²) in [4.78, 5) is 0. The van der Waals surface area contributed by atoms with Crippen LogP contribution in [0.3, 0.4) is 0 Å². The summed E-state index contributed by atoms with van der Waals surface area (Å²) in [5.41, 5.74) is 6.80. The van der Waals surface area contributed by atoms with Crippen LogP contribution in [0, 0.1) is 0 Å². The molecule has 1 rings (SSSR count). The molecule has 3 N–H and O–H groups in total. The Bertz CT molecular complexity index is 320. The van der Waals surface area contributed by atoms with Crippen LogP contribution in [0.5, 0.6) is 11.5 Å². The zero-order valence-electron chi connectivity index (χ0n) is 9.47. The highest BCUT2D eigenvalue weighted by atomic mass is 35.5. The van der Waals surface area contributed by atoms with Gasteiger partial charge < -0.3 is 20.3 Å². The van der Waals surface area contributed by atoms with E-state index in [4.69, 9.17) is 20.3 Å². The van der Waals surface area contributed by atoms with Gasteiger partial charge in [-0.2, -0.15) is 0 Å². The van der Waals surface area contributed by atoms with Crippen LogP contribution in [0.15, 0.2) is 18.2 Å². The van der Waals surface area contributed by atoms with Crippen molar-refractivity contribution in [2.45, 2.75) is 12.5 Å². The lowest BCUT2D eigenvalue weighted by Gasteiger charge is -2.13. The van der Waals surface area contributed by atoms with Crippen LogP contribution in [-0.4, -0.2) is 25.9 Å². The zero-order valence-corrected chi connectivity index (χ0v) is 10.3. The van der Waals surface area contributed by atoms with Crippen molar-refractivity contribution in [1.82, 2.24) is 0 Å². The molecule has 0 aliphatic rings. The first-order chi connectivity index (χ1) is 7.22. The summed E-state index contributed by atoms with van der Waals surface area (Å²) in [5.74, 6) is 1.33. The average molecular weight is 248 g/mol. The van der Waals surface area contributed by atoms with E-state index in [2.05, 4.69) is 0 Å². The molecule has 1 aromatic rings. The molecule has 0 amide bonds. The van der Waals surface area contributed by atoms with E-state index >= 15 is 0 Å². The molecular formula is C11H18ClNO3. The third-order valence-electron chi connectivity index (χ3n) is 2.28. The predicted molar refractivity (Wildman–Crippen MR) is 65.4 cm³/mol. The predicted octanol–water partition coefficient (Wildman–Crippen LogP) is 1.51. The van der Waals surface area contributed by atoms with Crippen LogP contribution < -0.4 is 15.2 Å². The minimum absolute atomic E-state index is 0.